The van der Waals surface area contributed by atoms with Gasteiger partial charge in [0.05, 0.1) is 12.5 Å². The second-order valence-corrected chi connectivity index (χ2v) is 7.51. The molecule has 0 saturated carbocycles. The van der Waals surface area contributed by atoms with Crippen LogP contribution >= 0.6 is 0 Å². The maximum Gasteiger partial charge on any atom is 0.227 e. The highest BCUT2D eigenvalue weighted by atomic mass is 16.5. The predicted octanol–water partition coefficient (Wildman–Crippen LogP) is 1.67. The summed E-state index contributed by atoms with van der Waals surface area (Å²) in [6.07, 6.45) is 5.31. The largest absolute Gasteiger partial charge is 0.492 e. The summed E-state index contributed by atoms with van der Waals surface area (Å²) < 4.78 is 11.6. The van der Waals surface area contributed by atoms with Gasteiger partial charge in [-0.25, -0.2) is 0 Å². The molecule has 0 unspecified atom stereocenters. The molecule has 2 saturated heterocycles. The Hall–Kier alpha value is -1.63. The summed E-state index contributed by atoms with van der Waals surface area (Å²) in [4.78, 5) is 17.3. The summed E-state index contributed by atoms with van der Waals surface area (Å²) in [5, 5.41) is 0. The number of hydrogen-bond donors (Lipinski definition) is 1. The van der Waals surface area contributed by atoms with Crippen LogP contribution in [0.2, 0.25) is 0 Å². The van der Waals surface area contributed by atoms with Crippen molar-refractivity contribution in [3.05, 3.63) is 29.8 Å². The molecule has 2 aliphatic heterocycles. The van der Waals surface area contributed by atoms with Crippen molar-refractivity contribution in [2.24, 2.45) is 5.73 Å². The summed E-state index contributed by atoms with van der Waals surface area (Å²) >= 11 is 0. The van der Waals surface area contributed by atoms with E-state index in [2.05, 4.69) is 4.90 Å². The summed E-state index contributed by atoms with van der Waals surface area (Å²) in [6.45, 7) is 6.43. The SMILES string of the molecule is NCCOc1cccc(CC(=O)N2CCCO[C@@H](CN3CCCCC3)C2)c1. The zero-order chi connectivity index (χ0) is 18.9. The number of benzene rings is 1. The lowest BCUT2D eigenvalue weighted by Gasteiger charge is -2.31. The molecule has 0 aromatic heterocycles. The molecule has 3 rings (SSSR count). The first-order valence-corrected chi connectivity index (χ1v) is 10.3. The van der Waals surface area contributed by atoms with E-state index in [1.54, 1.807) is 0 Å². The van der Waals surface area contributed by atoms with E-state index in [0.29, 0.717) is 26.1 Å². The molecule has 1 atom stereocenters. The third-order valence-corrected chi connectivity index (χ3v) is 5.25. The van der Waals surface area contributed by atoms with E-state index in [0.717, 1.165) is 50.5 Å². The van der Waals surface area contributed by atoms with Gasteiger partial charge in [-0.3, -0.25) is 4.79 Å². The van der Waals surface area contributed by atoms with Crippen molar-refractivity contribution < 1.29 is 14.3 Å². The van der Waals surface area contributed by atoms with Crippen molar-refractivity contribution in [3.8, 4) is 5.75 Å². The zero-order valence-corrected chi connectivity index (χ0v) is 16.3. The minimum absolute atomic E-state index is 0.119. The van der Waals surface area contributed by atoms with Crippen LogP contribution < -0.4 is 10.5 Å². The maximum atomic E-state index is 12.9. The Morgan fingerprint density at radius 3 is 2.85 bits per heavy atom. The van der Waals surface area contributed by atoms with Gasteiger partial charge in [-0.15, -0.1) is 0 Å². The van der Waals surface area contributed by atoms with Crippen LogP contribution in [0.1, 0.15) is 31.2 Å². The molecule has 2 aliphatic rings. The third-order valence-electron chi connectivity index (χ3n) is 5.25. The highest BCUT2D eigenvalue weighted by molar-refractivity contribution is 5.79. The molecule has 6 nitrogen and oxygen atoms in total. The molecule has 0 bridgehead atoms. The number of likely N-dealkylation sites (tertiary alicyclic amines) is 1. The fourth-order valence-corrected chi connectivity index (χ4v) is 3.87. The van der Waals surface area contributed by atoms with Crippen LogP contribution in [0, 0.1) is 0 Å². The topological polar surface area (TPSA) is 68.0 Å². The lowest BCUT2D eigenvalue weighted by atomic mass is 10.1. The standard InChI is InChI=1S/C21H33N3O3/c22-8-13-27-19-7-4-6-18(14-19)15-21(25)24-11-5-12-26-20(17-24)16-23-9-2-1-3-10-23/h4,6-7,14,20H,1-3,5,8-13,15-17,22H2/t20-/m0/s1. The van der Waals surface area contributed by atoms with Gasteiger partial charge in [-0.05, 0) is 50.0 Å². The minimum Gasteiger partial charge on any atom is -0.492 e. The van der Waals surface area contributed by atoms with Gasteiger partial charge in [0, 0.05) is 32.8 Å². The average molecular weight is 376 g/mol. The van der Waals surface area contributed by atoms with Gasteiger partial charge >= 0.3 is 0 Å². The Kier molecular flexibility index (Phi) is 7.93. The van der Waals surface area contributed by atoms with Gasteiger partial charge in [0.1, 0.15) is 12.4 Å². The van der Waals surface area contributed by atoms with Crippen LogP contribution in [0.5, 0.6) is 5.75 Å². The normalized spacial score (nSPS) is 21.7. The van der Waals surface area contributed by atoms with Gasteiger partial charge in [0.25, 0.3) is 0 Å². The summed E-state index contributed by atoms with van der Waals surface area (Å²) in [6, 6.07) is 7.75. The van der Waals surface area contributed by atoms with Crippen molar-refractivity contribution in [3.63, 3.8) is 0 Å². The molecule has 27 heavy (non-hydrogen) atoms. The van der Waals surface area contributed by atoms with Gasteiger partial charge in [-0.1, -0.05) is 18.6 Å². The fraction of sp³-hybridized carbons (Fsp3) is 0.667. The Labute approximate surface area is 162 Å². The van der Waals surface area contributed by atoms with Crippen LogP contribution in [0.3, 0.4) is 0 Å². The second-order valence-electron chi connectivity index (χ2n) is 7.51. The molecular formula is C21H33N3O3. The number of piperidine rings is 1. The number of ether oxygens (including phenoxy) is 2. The van der Waals surface area contributed by atoms with E-state index in [-0.39, 0.29) is 12.0 Å². The first-order valence-electron chi connectivity index (χ1n) is 10.3. The van der Waals surface area contributed by atoms with Gasteiger partial charge in [-0.2, -0.15) is 0 Å². The number of hydrogen-bond acceptors (Lipinski definition) is 5. The van der Waals surface area contributed by atoms with E-state index in [4.69, 9.17) is 15.2 Å². The van der Waals surface area contributed by atoms with Crippen molar-refractivity contribution >= 4 is 5.91 Å². The quantitative estimate of drug-likeness (QED) is 0.785. The van der Waals surface area contributed by atoms with Crippen LogP contribution in [0.4, 0.5) is 0 Å². The third kappa shape index (κ3) is 6.48. The molecule has 6 heteroatoms. The average Bonchev–Trinajstić information content (AvgIpc) is 2.93. The minimum atomic E-state index is 0.119. The van der Waals surface area contributed by atoms with Gasteiger partial charge in [0.2, 0.25) is 5.91 Å². The first kappa shape index (κ1) is 20.1. The van der Waals surface area contributed by atoms with Crippen LogP contribution in [0.15, 0.2) is 24.3 Å². The van der Waals surface area contributed by atoms with Crippen LogP contribution in [0.25, 0.3) is 0 Å². The summed E-state index contributed by atoms with van der Waals surface area (Å²) in [5.41, 5.74) is 6.47. The van der Waals surface area contributed by atoms with E-state index in [9.17, 15) is 4.79 Å². The molecule has 0 radical (unpaired) electrons. The molecule has 2 heterocycles. The van der Waals surface area contributed by atoms with Crippen LogP contribution in [-0.2, 0) is 16.0 Å². The number of rotatable bonds is 7. The summed E-state index contributed by atoms with van der Waals surface area (Å²) in [5.74, 6) is 0.938. The Bertz CT molecular complexity index is 590. The molecule has 1 aromatic rings. The number of amides is 1. The lowest BCUT2D eigenvalue weighted by Crippen LogP contribution is -2.44. The molecule has 0 spiro atoms. The number of nitrogens with two attached hydrogens (primary N) is 1. The van der Waals surface area contributed by atoms with Gasteiger partial charge in [0.15, 0.2) is 0 Å². The van der Waals surface area contributed by atoms with Crippen LogP contribution in [-0.4, -0.2) is 74.3 Å². The fourth-order valence-electron chi connectivity index (χ4n) is 3.87. The molecule has 1 aromatic carbocycles. The van der Waals surface area contributed by atoms with E-state index >= 15 is 0 Å². The van der Waals surface area contributed by atoms with Crippen molar-refractivity contribution in [2.45, 2.75) is 38.2 Å². The van der Waals surface area contributed by atoms with Crippen molar-refractivity contribution in [2.75, 3.05) is 52.5 Å². The predicted molar refractivity (Wildman–Crippen MR) is 106 cm³/mol. The van der Waals surface area contributed by atoms with Crippen molar-refractivity contribution in [1.29, 1.82) is 0 Å². The highest BCUT2D eigenvalue weighted by Gasteiger charge is 2.25. The maximum absolute atomic E-state index is 12.9. The Morgan fingerprint density at radius 1 is 1.19 bits per heavy atom. The lowest BCUT2D eigenvalue weighted by molar-refractivity contribution is -0.131. The monoisotopic (exact) mass is 375 g/mol. The molecule has 1 amide bonds. The van der Waals surface area contributed by atoms with Gasteiger partial charge < -0.3 is 25.0 Å². The smallest absolute Gasteiger partial charge is 0.227 e. The zero-order valence-electron chi connectivity index (χ0n) is 16.3. The molecule has 2 N–H and O–H groups in total. The Morgan fingerprint density at radius 2 is 2.04 bits per heavy atom. The first-order chi connectivity index (χ1) is 13.2. The molecule has 150 valence electrons. The molecule has 0 aliphatic carbocycles. The van der Waals surface area contributed by atoms with E-state index < -0.39 is 0 Å². The number of carbonyl (C=O) groups excluding carboxylic acids is 1. The molecule has 2 fully saturated rings. The Balaban J connectivity index is 1.54. The molecular weight excluding hydrogens is 342 g/mol. The highest BCUT2D eigenvalue weighted by Crippen LogP contribution is 2.16. The number of nitrogens with zero attached hydrogens (tertiary/aromatic N) is 2. The van der Waals surface area contributed by atoms with E-state index in [1.165, 1.54) is 19.3 Å². The van der Waals surface area contributed by atoms with E-state index in [1.807, 2.05) is 29.2 Å². The second kappa shape index (κ2) is 10.6. The summed E-state index contributed by atoms with van der Waals surface area (Å²) in [7, 11) is 0. The number of carbonyl (C=O) groups is 1. The van der Waals surface area contributed by atoms with Crippen molar-refractivity contribution in [1.82, 2.24) is 9.80 Å².